The van der Waals surface area contributed by atoms with E-state index < -0.39 is 23.2 Å². The van der Waals surface area contributed by atoms with Crippen LogP contribution in [0.25, 0.3) is 11.0 Å². The summed E-state index contributed by atoms with van der Waals surface area (Å²) in [6.45, 7) is -0.0772. The Morgan fingerprint density at radius 1 is 1.09 bits per heavy atom. The van der Waals surface area contributed by atoms with E-state index in [0.717, 1.165) is 12.1 Å². The molecule has 1 aromatic heterocycles. The number of alkyl halides is 3. The molecule has 0 spiro atoms. The summed E-state index contributed by atoms with van der Waals surface area (Å²) in [4.78, 5) is 14.4. The molecule has 0 amide bonds. The van der Waals surface area contributed by atoms with E-state index in [1.54, 1.807) is 0 Å². The van der Waals surface area contributed by atoms with Gasteiger partial charge in [0.05, 0.1) is 23.1 Å². The van der Waals surface area contributed by atoms with E-state index in [2.05, 4.69) is 4.98 Å². The molecular formula is C15H10F4N2O. The maximum Gasteiger partial charge on any atom is 0.416 e. The first kappa shape index (κ1) is 14.4. The van der Waals surface area contributed by atoms with E-state index in [-0.39, 0.29) is 6.54 Å². The minimum atomic E-state index is -4.45. The Hall–Kier alpha value is -2.57. The fourth-order valence-corrected chi connectivity index (χ4v) is 2.31. The number of H-pyrrole nitrogens is 1. The second-order valence-electron chi connectivity index (χ2n) is 4.88. The van der Waals surface area contributed by atoms with Gasteiger partial charge in [-0.05, 0) is 35.9 Å². The first-order valence-electron chi connectivity index (χ1n) is 6.39. The normalized spacial score (nSPS) is 12.0. The van der Waals surface area contributed by atoms with Crippen molar-refractivity contribution in [2.24, 2.45) is 0 Å². The molecule has 114 valence electrons. The molecule has 2 aromatic carbocycles. The highest BCUT2D eigenvalue weighted by Crippen LogP contribution is 2.29. The van der Waals surface area contributed by atoms with Crippen LogP contribution < -0.4 is 5.69 Å². The summed E-state index contributed by atoms with van der Waals surface area (Å²) in [6, 6.07) is 8.48. The second kappa shape index (κ2) is 5.01. The lowest BCUT2D eigenvalue weighted by Crippen LogP contribution is -2.17. The highest BCUT2D eigenvalue weighted by Gasteiger charge is 2.30. The predicted molar refractivity (Wildman–Crippen MR) is 73.1 cm³/mol. The molecule has 3 aromatic rings. The summed E-state index contributed by atoms with van der Waals surface area (Å²) in [7, 11) is 0. The third-order valence-corrected chi connectivity index (χ3v) is 3.33. The SMILES string of the molecule is O=c1[nH]c2ccc(F)cc2n1Cc1cccc(C(F)(F)F)c1. The van der Waals surface area contributed by atoms with Crippen molar-refractivity contribution in [3.8, 4) is 0 Å². The van der Waals surface area contributed by atoms with E-state index >= 15 is 0 Å². The van der Waals surface area contributed by atoms with Gasteiger partial charge < -0.3 is 4.98 Å². The summed E-state index contributed by atoms with van der Waals surface area (Å²) in [5, 5.41) is 0. The smallest absolute Gasteiger partial charge is 0.306 e. The van der Waals surface area contributed by atoms with Gasteiger partial charge in [-0.25, -0.2) is 9.18 Å². The van der Waals surface area contributed by atoms with Crippen LogP contribution in [-0.2, 0) is 12.7 Å². The summed E-state index contributed by atoms with van der Waals surface area (Å²) in [6.07, 6.45) is -4.45. The van der Waals surface area contributed by atoms with E-state index in [1.807, 2.05) is 0 Å². The monoisotopic (exact) mass is 310 g/mol. The maximum absolute atomic E-state index is 13.3. The van der Waals surface area contributed by atoms with E-state index in [0.29, 0.717) is 16.6 Å². The van der Waals surface area contributed by atoms with Crippen molar-refractivity contribution in [1.29, 1.82) is 0 Å². The number of hydrogen-bond donors (Lipinski definition) is 1. The van der Waals surface area contributed by atoms with Crippen LogP contribution in [0.4, 0.5) is 17.6 Å². The molecule has 0 aliphatic carbocycles. The average Bonchev–Trinajstić information content (AvgIpc) is 2.75. The van der Waals surface area contributed by atoms with Crippen LogP contribution in [0, 0.1) is 5.82 Å². The number of imidazole rings is 1. The van der Waals surface area contributed by atoms with Gasteiger partial charge in [0.15, 0.2) is 0 Å². The molecule has 1 heterocycles. The number of nitrogens with one attached hydrogen (secondary N) is 1. The first-order valence-corrected chi connectivity index (χ1v) is 6.39. The molecule has 0 aliphatic rings. The van der Waals surface area contributed by atoms with Crippen LogP contribution in [0.3, 0.4) is 0 Å². The zero-order valence-electron chi connectivity index (χ0n) is 11.1. The van der Waals surface area contributed by atoms with Crippen LogP contribution in [0.15, 0.2) is 47.3 Å². The summed E-state index contributed by atoms with van der Waals surface area (Å²) in [5.41, 5.74) is -0.245. The van der Waals surface area contributed by atoms with Crippen molar-refractivity contribution in [3.63, 3.8) is 0 Å². The molecule has 7 heteroatoms. The van der Waals surface area contributed by atoms with Crippen molar-refractivity contribution < 1.29 is 17.6 Å². The summed E-state index contributed by atoms with van der Waals surface area (Å²) < 4.78 is 52.6. The van der Waals surface area contributed by atoms with Crippen molar-refractivity contribution >= 4 is 11.0 Å². The minimum Gasteiger partial charge on any atom is -0.306 e. The Morgan fingerprint density at radius 3 is 2.59 bits per heavy atom. The van der Waals surface area contributed by atoms with Crippen LogP contribution in [-0.4, -0.2) is 9.55 Å². The lowest BCUT2D eigenvalue weighted by molar-refractivity contribution is -0.137. The number of aromatic nitrogens is 2. The molecule has 0 radical (unpaired) electrons. The number of nitrogens with zero attached hydrogens (tertiary/aromatic N) is 1. The minimum absolute atomic E-state index is 0.0772. The van der Waals surface area contributed by atoms with E-state index in [1.165, 1.54) is 34.9 Å². The van der Waals surface area contributed by atoms with Gasteiger partial charge in [-0.3, -0.25) is 4.57 Å². The first-order chi connectivity index (χ1) is 10.3. The molecule has 0 atom stereocenters. The predicted octanol–water partition coefficient (Wildman–Crippen LogP) is 3.54. The van der Waals surface area contributed by atoms with Crippen molar-refractivity contribution in [2.75, 3.05) is 0 Å². The Labute approximate surface area is 121 Å². The molecule has 0 bridgehead atoms. The lowest BCUT2D eigenvalue weighted by atomic mass is 10.1. The zero-order chi connectivity index (χ0) is 15.9. The van der Waals surface area contributed by atoms with Gasteiger partial charge in [-0.15, -0.1) is 0 Å². The third kappa shape index (κ3) is 2.61. The molecule has 22 heavy (non-hydrogen) atoms. The van der Waals surface area contributed by atoms with Crippen molar-refractivity contribution in [3.05, 3.63) is 69.9 Å². The van der Waals surface area contributed by atoms with Gasteiger partial charge in [0.2, 0.25) is 0 Å². The molecule has 0 unspecified atom stereocenters. The van der Waals surface area contributed by atoms with Gasteiger partial charge in [0.1, 0.15) is 5.82 Å². The quantitative estimate of drug-likeness (QED) is 0.722. The number of hydrogen-bond acceptors (Lipinski definition) is 1. The molecule has 0 aliphatic heterocycles. The molecule has 0 saturated carbocycles. The lowest BCUT2D eigenvalue weighted by Gasteiger charge is -2.09. The van der Waals surface area contributed by atoms with Gasteiger partial charge in [-0.1, -0.05) is 12.1 Å². The fraction of sp³-hybridized carbons (Fsp3) is 0.133. The number of halogens is 4. The number of aromatic amines is 1. The standard InChI is InChI=1S/C15H10F4N2O/c16-11-4-5-12-13(7-11)21(14(22)20-12)8-9-2-1-3-10(6-9)15(17,18)19/h1-7H,8H2,(H,20,22). The van der Waals surface area contributed by atoms with Gasteiger partial charge in [0.25, 0.3) is 0 Å². The van der Waals surface area contributed by atoms with Crippen LogP contribution >= 0.6 is 0 Å². The Bertz CT molecular complexity index is 892. The molecule has 0 saturated heterocycles. The van der Waals surface area contributed by atoms with Gasteiger partial charge in [0, 0.05) is 0 Å². The molecule has 3 rings (SSSR count). The van der Waals surface area contributed by atoms with Crippen molar-refractivity contribution in [1.82, 2.24) is 9.55 Å². The summed E-state index contributed by atoms with van der Waals surface area (Å²) >= 11 is 0. The van der Waals surface area contributed by atoms with Gasteiger partial charge in [-0.2, -0.15) is 13.2 Å². The van der Waals surface area contributed by atoms with E-state index in [9.17, 15) is 22.4 Å². The second-order valence-corrected chi connectivity index (χ2v) is 4.88. The van der Waals surface area contributed by atoms with Crippen LogP contribution in [0.5, 0.6) is 0 Å². The highest BCUT2D eigenvalue weighted by molar-refractivity contribution is 5.75. The largest absolute Gasteiger partial charge is 0.416 e. The van der Waals surface area contributed by atoms with Gasteiger partial charge >= 0.3 is 11.9 Å². The molecule has 0 fully saturated rings. The molecular weight excluding hydrogens is 300 g/mol. The highest BCUT2D eigenvalue weighted by atomic mass is 19.4. The Kier molecular flexibility index (Phi) is 3.27. The Balaban J connectivity index is 2.05. The maximum atomic E-state index is 13.3. The average molecular weight is 310 g/mol. The van der Waals surface area contributed by atoms with Crippen LogP contribution in [0.2, 0.25) is 0 Å². The molecule has 1 N–H and O–H groups in total. The fourth-order valence-electron chi connectivity index (χ4n) is 2.31. The molecule has 3 nitrogen and oxygen atoms in total. The third-order valence-electron chi connectivity index (χ3n) is 3.33. The number of rotatable bonds is 2. The number of benzene rings is 2. The topological polar surface area (TPSA) is 37.8 Å². The van der Waals surface area contributed by atoms with E-state index in [4.69, 9.17) is 0 Å². The Morgan fingerprint density at radius 2 is 1.86 bits per heavy atom. The van der Waals surface area contributed by atoms with Crippen LogP contribution in [0.1, 0.15) is 11.1 Å². The zero-order valence-corrected chi connectivity index (χ0v) is 11.1. The van der Waals surface area contributed by atoms with Crippen molar-refractivity contribution in [2.45, 2.75) is 12.7 Å². The number of fused-ring (bicyclic) bond motifs is 1. The summed E-state index contributed by atoms with van der Waals surface area (Å²) in [5.74, 6) is -0.524.